The van der Waals surface area contributed by atoms with Gasteiger partial charge in [0.05, 0.1) is 19.0 Å². The van der Waals surface area contributed by atoms with Crippen molar-refractivity contribution in [3.8, 4) is 0 Å². The Hall–Kier alpha value is -3.95. The van der Waals surface area contributed by atoms with E-state index < -0.39 is 29.1 Å². The summed E-state index contributed by atoms with van der Waals surface area (Å²) in [6.07, 6.45) is -0.870. The first-order chi connectivity index (χ1) is 16.1. The molecule has 1 aromatic carbocycles. The topological polar surface area (TPSA) is 131 Å². The summed E-state index contributed by atoms with van der Waals surface area (Å²) < 4.78 is 9.84. The molecular weight excluding hydrogens is 440 g/mol. The predicted octanol–water partition coefficient (Wildman–Crippen LogP) is 2.15. The Labute approximate surface area is 196 Å². The van der Waals surface area contributed by atoms with Crippen molar-refractivity contribution in [2.24, 2.45) is 0 Å². The molecule has 2 heterocycles. The highest BCUT2D eigenvalue weighted by Gasteiger charge is 2.21. The maximum absolute atomic E-state index is 13.0. The van der Waals surface area contributed by atoms with Crippen molar-refractivity contribution in [3.63, 3.8) is 0 Å². The van der Waals surface area contributed by atoms with Crippen LogP contribution in [0.3, 0.4) is 0 Å². The van der Waals surface area contributed by atoms with Crippen LogP contribution in [0.1, 0.15) is 26.3 Å². The Bertz CT molecular complexity index is 1280. The van der Waals surface area contributed by atoms with Crippen molar-refractivity contribution >= 4 is 39.9 Å². The lowest BCUT2D eigenvalue weighted by molar-refractivity contribution is -0.146. The van der Waals surface area contributed by atoms with E-state index in [0.29, 0.717) is 11.0 Å². The van der Waals surface area contributed by atoms with Crippen LogP contribution in [0.5, 0.6) is 0 Å². The highest BCUT2D eigenvalue weighted by atomic mass is 16.6. The molecule has 180 valence electrons. The number of methoxy groups -OCH3 is 1. The second-order valence-corrected chi connectivity index (χ2v) is 8.74. The van der Waals surface area contributed by atoms with Gasteiger partial charge in [0.15, 0.2) is 0 Å². The van der Waals surface area contributed by atoms with Crippen LogP contribution < -0.4 is 10.9 Å². The van der Waals surface area contributed by atoms with Gasteiger partial charge in [0.1, 0.15) is 17.8 Å². The summed E-state index contributed by atoms with van der Waals surface area (Å²) >= 11 is 0. The maximum Gasteiger partial charge on any atom is 0.407 e. The van der Waals surface area contributed by atoms with Gasteiger partial charge in [-0.1, -0.05) is 18.2 Å². The average Bonchev–Trinajstić information content (AvgIpc) is 2.76. The minimum Gasteiger partial charge on any atom is -0.468 e. The van der Waals surface area contributed by atoms with Gasteiger partial charge in [-0.2, -0.15) is 0 Å². The van der Waals surface area contributed by atoms with E-state index >= 15 is 0 Å². The maximum atomic E-state index is 13.0. The number of fused-ring (bicyclic) bond motifs is 2. The molecule has 0 spiro atoms. The molecule has 34 heavy (non-hydrogen) atoms. The van der Waals surface area contributed by atoms with Crippen LogP contribution in [0.25, 0.3) is 21.9 Å². The van der Waals surface area contributed by atoms with Crippen LogP contribution in [-0.4, -0.2) is 65.2 Å². The molecule has 0 unspecified atom stereocenters. The number of pyridine rings is 2. The van der Waals surface area contributed by atoms with Crippen LogP contribution >= 0.6 is 0 Å². The van der Waals surface area contributed by atoms with E-state index in [0.717, 1.165) is 10.9 Å². The molecule has 0 aliphatic carbocycles. The van der Waals surface area contributed by atoms with Crippen molar-refractivity contribution in [3.05, 3.63) is 52.3 Å². The van der Waals surface area contributed by atoms with E-state index in [1.54, 1.807) is 26.8 Å². The molecule has 3 rings (SSSR count). The van der Waals surface area contributed by atoms with E-state index in [9.17, 15) is 19.2 Å². The van der Waals surface area contributed by atoms with E-state index in [1.807, 2.05) is 30.3 Å². The Morgan fingerprint density at radius 1 is 1.12 bits per heavy atom. The number of ether oxygens (including phenoxy) is 2. The lowest BCUT2D eigenvalue weighted by Crippen LogP contribution is -2.43. The van der Waals surface area contributed by atoms with E-state index in [1.165, 1.54) is 12.0 Å². The predicted molar refractivity (Wildman–Crippen MR) is 126 cm³/mol. The number of carbonyl (C=O) groups is 3. The number of amides is 2. The molecule has 10 nitrogen and oxygen atoms in total. The van der Waals surface area contributed by atoms with E-state index in [2.05, 4.69) is 20.0 Å². The van der Waals surface area contributed by atoms with Gasteiger partial charge in [0.25, 0.3) is 5.56 Å². The lowest BCUT2D eigenvalue weighted by Gasteiger charge is -2.23. The van der Waals surface area contributed by atoms with Crippen LogP contribution in [-0.2, 0) is 25.5 Å². The highest BCUT2D eigenvalue weighted by Crippen LogP contribution is 2.18. The number of nitrogens with zero attached hydrogens (tertiary/aromatic N) is 2. The third-order valence-corrected chi connectivity index (χ3v) is 4.90. The zero-order valence-electron chi connectivity index (χ0n) is 19.6. The molecule has 0 atom stereocenters. The fraction of sp³-hybridized carbons (Fsp3) is 0.375. The third kappa shape index (κ3) is 6.53. The minimum absolute atomic E-state index is 0.0326. The number of alkyl carbamates (subject to hydrolysis) is 1. The molecule has 0 radical (unpaired) electrons. The highest BCUT2D eigenvalue weighted by molar-refractivity contribution is 5.91. The fourth-order valence-corrected chi connectivity index (χ4v) is 3.31. The SMILES string of the molecule is COC(=O)CN(CCNC(=O)OC(C)(C)C)C(=O)Cc1cc2cc3ccccc3nc2[nH]c1=O. The van der Waals surface area contributed by atoms with Gasteiger partial charge in [0, 0.05) is 29.4 Å². The van der Waals surface area contributed by atoms with Crippen molar-refractivity contribution in [1.29, 1.82) is 0 Å². The summed E-state index contributed by atoms with van der Waals surface area (Å²) in [5.41, 5.74) is 0.310. The molecule has 0 saturated carbocycles. The molecule has 2 aromatic heterocycles. The van der Waals surface area contributed by atoms with Gasteiger partial charge in [-0.05, 0) is 39.0 Å². The number of nitrogens with one attached hydrogen (secondary N) is 2. The molecule has 0 fully saturated rings. The Balaban J connectivity index is 1.76. The number of esters is 1. The standard InChI is InChI=1S/C24H28N4O6/c1-24(2,3)34-23(32)25-9-10-28(14-20(30)33-4)19(29)13-17-12-16-11-15-7-5-6-8-18(15)26-21(16)27-22(17)31/h5-8,11-12H,9-10,13-14H2,1-4H3,(H,25,32)(H,26,27,31). The molecule has 0 bridgehead atoms. The zero-order chi connectivity index (χ0) is 24.9. The lowest BCUT2D eigenvalue weighted by atomic mass is 10.1. The van der Waals surface area contributed by atoms with Crippen LogP contribution in [0.4, 0.5) is 4.79 Å². The summed E-state index contributed by atoms with van der Waals surface area (Å²) in [6, 6.07) is 11.0. The second kappa shape index (κ2) is 10.3. The van der Waals surface area contributed by atoms with Crippen LogP contribution in [0.2, 0.25) is 0 Å². The quantitative estimate of drug-likeness (QED) is 0.401. The summed E-state index contributed by atoms with van der Waals surface area (Å²) in [5, 5.41) is 4.14. The van der Waals surface area contributed by atoms with Crippen molar-refractivity contribution in [2.45, 2.75) is 32.8 Å². The van der Waals surface area contributed by atoms with Crippen LogP contribution in [0.15, 0.2) is 41.2 Å². The van der Waals surface area contributed by atoms with Gasteiger partial charge in [0.2, 0.25) is 5.91 Å². The van der Waals surface area contributed by atoms with Gasteiger partial charge in [-0.25, -0.2) is 9.78 Å². The van der Waals surface area contributed by atoms with Gasteiger partial charge >= 0.3 is 12.1 Å². The smallest absolute Gasteiger partial charge is 0.407 e. The number of carbonyl (C=O) groups excluding carboxylic acids is 3. The zero-order valence-corrected chi connectivity index (χ0v) is 19.6. The number of aromatic amines is 1. The van der Waals surface area contributed by atoms with Gasteiger partial charge in [-0.15, -0.1) is 0 Å². The third-order valence-electron chi connectivity index (χ3n) is 4.90. The molecule has 2 amide bonds. The van der Waals surface area contributed by atoms with Crippen molar-refractivity contribution < 1.29 is 23.9 Å². The number of aromatic nitrogens is 2. The van der Waals surface area contributed by atoms with Gasteiger partial charge < -0.3 is 24.7 Å². The Morgan fingerprint density at radius 2 is 1.85 bits per heavy atom. The largest absolute Gasteiger partial charge is 0.468 e. The summed E-state index contributed by atoms with van der Waals surface area (Å²) in [7, 11) is 1.22. The minimum atomic E-state index is -0.664. The van der Waals surface area contributed by atoms with Crippen molar-refractivity contribution in [2.75, 3.05) is 26.7 Å². The molecule has 2 N–H and O–H groups in total. The van der Waals surface area contributed by atoms with E-state index in [-0.39, 0.29) is 31.6 Å². The van der Waals surface area contributed by atoms with Crippen molar-refractivity contribution in [1.82, 2.24) is 20.2 Å². The first kappa shape index (κ1) is 24.7. The monoisotopic (exact) mass is 468 g/mol. The Morgan fingerprint density at radius 3 is 2.56 bits per heavy atom. The molecule has 0 saturated heterocycles. The van der Waals surface area contributed by atoms with Crippen LogP contribution in [0, 0.1) is 0 Å². The molecular formula is C24H28N4O6. The summed E-state index contributed by atoms with van der Waals surface area (Å²) in [4.78, 5) is 57.7. The summed E-state index contributed by atoms with van der Waals surface area (Å²) in [5.74, 6) is -1.08. The Kier molecular flexibility index (Phi) is 7.50. The number of hydrogen-bond donors (Lipinski definition) is 2. The average molecular weight is 469 g/mol. The number of rotatable bonds is 7. The number of benzene rings is 1. The molecule has 0 aliphatic rings. The number of para-hydroxylation sites is 1. The second-order valence-electron chi connectivity index (χ2n) is 8.74. The number of hydrogen-bond acceptors (Lipinski definition) is 7. The number of H-pyrrole nitrogens is 1. The van der Waals surface area contributed by atoms with E-state index in [4.69, 9.17) is 4.74 Å². The first-order valence-corrected chi connectivity index (χ1v) is 10.8. The van der Waals surface area contributed by atoms with Gasteiger partial charge in [-0.3, -0.25) is 14.4 Å². The normalized spacial score (nSPS) is 11.3. The molecule has 0 aliphatic heterocycles. The fourth-order valence-electron chi connectivity index (χ4n) is 3.31. The molecule has 10 heteroatoms. The first-order valence-electron chi connectivity index (χ1n) is 10.8. The molecule has 3 aromatic rings. The summed E-state index contributed by atoms with van der Waals surface area (Å²) in [6.45, 7) is 4.98.